The third kappa shape index (κ3) is 4.17. The molecule has 0 spiro atoms. The van der Waals surface area contributed by atoms with Gasteiger partial charge in [0, 0.05) is 50.4 Å². The van der Waals surface area contributed by atoms with Crippen LogP contribution in [0.4, 0.5) is 0 Å². The van der Waals surface area contributed by atoms with Gasteiger partial charge < -0.3 is 9.47 Å². The number of pyridine rings is 1. The predicted molar refractivity (Wildman–Crippen MR) is 106 cm³/mol. The summed E-state index contributed by atoms with van der Waals surface area (Å²) in [4.78, 5) is 35.2. The van der Waals surface area contributed by atoms with E-state index in [0.29, 0.717) is 38.9 Å². The van der Waals surface area contributed by atoms with Crippen LogP contribution < -0.4 is 5.56 Å². The Morgan fingerprint density at radius 2 is 1.96 bits per heavy atom. The van der Waals surface area contributed by atoms with Crippen LogP contribution in [0.1, 0.15) is 28.8 Å². The van der Waals surface area contributed by atoms with Gasteiger partial charge in [0.1, 0.15) is 0 Å². The number of aryl methyl sites for hydroxylation is 1. The molecule has 0 unspecified atom stereocenters. The molecule has 3 heterocycles. The molecule has 1 aliphatic rings. The van der Waals surface area contributed by atoms with E-state index in [0.717, 1.165) is 22.4 Å². The summed E-state index contributed by atoms with van der Waals surface area (Å²) >= 11 is 0. The summed E-state index contributed by atoms with van der Waals surface area (Å²) in [6, 6.07) is 11.6. The number of aromatic nitrogens is 3. The van der Waals surface area contributed by atoms with E-state index in [2.05, 4.69) is 9.97 Å². The molecule has 6 heteroatoms. The fourth-order valence-electron chi connectivity index (χ4n) is 3.54. The number of carbonyl (C=O) groups excluding carboxylic acids is 1. The van der Waals surface area contributed by atoms with Gasteiger partial charge in [-0.1, -0.05) is 30.3 Å². The summed E-state index contributed by atoms with van der Waals surface area (Å²) in [6.45, 7) is 1.73. The van der Waals surface area contributed by atoms with Crippen LogP contribution in [-0.4, -0.2) is 31.9 Å². The van der Waals surface area contributed by atoms with Crippen molar-refractivity contribution in [1.82, 2.24) is 19.4 Å². The lowest BCUT2D eigenvalue weighted by Crippen LogP contribution is -2.37. The topological polar surface area (TPSA) is 68.1 Å². The van der Waals surface area contributed by atoms with E-state index in [-0.39, 0.29) is 11.5 Å². The van der Waals surface area contributed by atoms with Gasteiger partial charge in [-0.2, -0.15) is 0 Å². The van der Waals surface area contributed by atoms with E-state index in [9.17, 15) is 9.59 Å². The molecule has 28 heavy (non-hydrogen) atoms. The van der Waals surface area contributed by atoms with Gasteiger partial charge in [0.05, 0.1) is 12.2 Å². The SMILES string of the molecule is O=C(CCc1cnccn1)N1CCc2cc(=O)n(Cc3ccccc3)cc2C1. The summed E-state index contributed by atoms with van der Waals surface area (Å²) in [6.07, 6.45) is 8.59. The number of carbonyl (C=O) groups is 1. The zero-order chi connectivity index (χ0) is 19.3. The molecule has 1 aromatic carbocycles. The van der Waals surface area contributed by atoms with Crippen LogP contribution in [0.15, 0.2) is 66.0 Å². The molecular formula is C22H22N4O2. The minimum Gasteiger partial charge on any atom is -0.338 e. The van der Waals surface area contributed by atoms with Crippen molar-refractivity contribution >= 4 is 5.91 Å². The molecule has 0 atom stereocenters. The quantitative estimate of drug-likeness (QED) is 0.687. The minimum absolute atomic E-state index is 0.00466. The highest BCUT2D eigenvalue weighted by Crippen LogP contribution is 2.18. The first kappa shape index (κ1) is 18.1. The van der Waals surface area contributed by atoms with Crippen molar-refractivity contribution in [1.29, 1.82) is 0 Å². The van der Waals surface area contributed by atoms with E-state index >= 15 is 0 Å². The molecule has 2 aromatic heterocycles. The second-order valence-corrected chi connectivity index (χ2v) is 7.04. The first-order valence-corrected chi connectivity index (χ1v) is 9.48. The number of amides is 1. The van der Waals surface area contributed by atoms with Gasteiger partial charge in [-0.25, -0.2) is 0 Å². The number of benzene rings is 1. The zero-order valence-electron chi connectivity index (χ0n) is 15.6. The molecule has 0 fully saturated rings. The van der Waals surface area contributed by atoms with Crippen LogP contribution in [-0.2, 0) is 30.7 Å². The van der Waals surface area contributed by atoms with Crippen LogP contribution >= 0.6 is 0 Å². The molecule has 142 valence electrons. The molecule has 0 N–H and O–H groups in total. The van der Waals surface area contributed by atoms with Crippen LogP contribution in [0, 0.1) is 0 Å². The minimum atomic E-state index is 0.00466. The normalized spacial score (nSPS) is 13.2. The number of hydrogen-bond acceptors (Lipinski definition) is 4. The Labute approximate surface area is 163 Å². The standard InChI is InChI=1S/C22H22N4O2/c27-21(7-6-20-13-23-9-10-24-20)25-11-8-18-12-22(28)26(16-19(18)15-25)14-17-4-2-1-3-5-17/h1-5,9-10,12-13,16H,6-8,11,14-15H2. The lowest BCUT2D eigenvalue weighted by molar-refractivity contribution is -0.132. The summed E-state index contributed by atoms with van der Waals surface area (Å²) in [5.74, 6) is 0.108. The largest absolute Gasteiger partial charge is 0.338 e. The maximum atomic E-state index is 12.6. The van der Waals surface area contributed by atoms with Crippen molar-refractivity contribution in [2.75, 3.05) is 6.54 Å². The van der Waals surface area contributed by atoms with Gasteiger partial charge in [-0.15, -0.1) is 0 Å². The van der Waals surface area contributed by atoms with Crippen LogP contribution in [0.2, 0.25) is 0 Å². The molecule has 1 aliphatic heterocycles. The van der Waals surface area contributed by atoms with Gasteiger partial charge in [0.15, 0.2) is 0 Å². The summed E-state index contributed by atoms with van der Waals surface area (Å²) < 4.78 is 1.72. The fourth-order valence-corrected chi connectivity index (χ4v) is 3.54. The van der Waals surface area contributed by atoms with Crippen molar-refractivity contribution in [3.63, 3.8) is 0 Å². The Hall–Kier alpha value is -3.28. The highest BCUT2D eigenvalue weighted by atomic mass is 16.2. The monoisotopic (exact) mass is 374 g/mol. The van der Waals surface area contributed by atoms with Crippen molar-refractivity contribution < 1.29 is 4.79 Å². The molecule has 0 aliphatic carbocycles. The van der Waals surface area contributed by atoms with Crippen molar-refractivity contribution in [2.45, 2.75) is 32.4 Å². The number of nitrogens with zero attached hydrogens (tertiary/aromatic N) is 4. The van der Waals surface area contributed by atoms with Crippen molar-refractivity contribution in [3.8, 4) is 0 Å². The highest BCUT2D eigenvalue weighted by molar-refractivity contribution is 5.76. The maximum absolute atomic E-state index is 12.6. The summed E-state index contributed by atoms with van der Waals surface area (Å²) in [5.41, 5.74) is 4.01. The van der Waals surface area contributed by atoms with Crippen LogP contribution in [0.5, 0.6) is 0 Å². The molecule has 0 bridgehead atoms. The molecule has 0 radical (unpaired) electrons. The third-order valence-corrected chi connectivity index (χ3v) is 5.08. The fraction of sp³-hybridized carbons (Fsp3) is 0.273. The smallest absolute Gasteiger partial charge is 0.251 e. The third-order valence-electron chi connectivity index (χ3n) is 5.08. The Morgan fingerprint density at radius 1 is 1.11 bits per heavy atom. The molecule has 3 aromatic rings. The highest BCUT2D eigenvalue weighted by Gasteiger charge is 2.21. The molecule has 4 rings (SSSR count). The first-order chi connectivity index (χ1) is 13.7. The van der Waals surface area contributed by atoms with Gasteiger partial charge in [-0.3, -0.25) is 19.6 Å². The van der Waals surface area contributed by atoms with E-state index in [1.807, 2.05) is 41.4 Å². The predicted octanol–water partition coefficient (Wildman–Crippen LogP) is 2.20. The molecule has 6 nitrogen and oxygen atoms in total. The Kier molecular flexibility index (Phi) is 5.28. The van der Waals surface area contributed by atoms with Gasteiger partial charge in [0.2, 0.25) is 5.91 Å². The maximum Gasteiger partial charge on any atom is 0.251 e. The zero-order valence-corrected chi connectivity index (χ0v) is 15.6. The Morgan fingerprint density at radius 3 is 2.75 bits per heavy atom. The van der Waals surface area contributed by atoms with E-state index in [1.54, 1.807) is 29.2 Å². The number of hydrogen-bond donors (Lipinski definition) is 0. The lowest BCUT2D eigenvalue weighted by Gasteiger charge is -2.29. The molecule has 0 saturated heterocycles. The van der Waals surface area contributed by atoms with Gasteiger partial charge in [-0.05, 0) is 29.5 Å². The molecule has 0 saturated carbocycles. The van der Waals surface area contributed by atoms with Crippen molar-refractivity contribution in [3.05, 3.63) is 93.9 Å². The average molecular weight is 374 g/mol. The lowest BCUT2D eigenvalue weighted by atomic mass is 10.0. The van der Waals surface area contributed by atoms with E-state index < -0.39 is 0 Å². The second-order valence-electron chi connectivity index (χ2n) is 7.04. The van der Waals surface area contributed by atoms with Gasteiger partial charge >= 0.3 is 0 Å². The van der Waals surface area contributed by atoms with Crippen molar-refractivity contribution in [2.24, 2.45) is 0 Å². The van der Waals surface area contributed by atoms with Crippen LogP contribution in [0.3, 0.4) is 0 Å². The summed E-state index contributed by atoms with van der Waals surface area (Å²) in [7, 11) is 0. The molecular weight excluding hydrogens is 352 g/mol. The van der Waals surface area contributed by atoms with Gasteiger partial charge in [0.25, 0.3) is 5.56 Å². The number of fused-ring (bicyclic) bond motifs is 1. The Bertz CT molecular complexity index is 1020. The first-order valence-electron chi connectivity index (χ1n) is 9.48. The number of rotatable bonds is 5. The second kappa shape index (κ2) is 8.17. The Balaban J connectivity index is 1.45. The average Bonchev–Trinajstić information content (AvgIpc) is 2.74. The molecule has 1 amide bonds. The summed E-state index contributed by atoms with van der Waals surface area (Å²) in [5, 5.41) is 0. The van der Waals surface area contributed by atoms with E-state index in [1.165, 1.54) is 0 Å². The van der Waals surface area contributed by atoms with Crippen LogP contribution in [0.25, 0.3) is 0 Å². The van der Waals surface area contributed by atoms with E-state index in [4.69, 9.17) is 0 Å².